The average Bonchev–Trinajstić information content (AvgIpc) is 2.76. The lowest BCUT2D eigenvalue weighted by molar-refractivity contribution is 0.573. The molecule has 1 N–H and O–H groups in total. The average molecular weight is 374 g/mol. The Kier molecular flexibility index (Phi) is 5.42. The Morgan fingerprint density at radius 3 is 2.32 bits per heavy atom. The first kappa shape index (κ1) is 18.3. The molecule has 28 heavy (non-hydrogen) atoms. The third-order valence-electron chi connectivity index (χ3n) is 5.15. The van der Waals surface area contributed by atoms with Crippen molar-refractivity contribution in [3.05, 3.63) is 66.2 Å². The molecule has 0 atom stereocenters. The van der Waals surface area contributed by atoms with Crippen LogP contribution in [-0.2, 0) is 0 Å². The van der Waals surface area contributed by atoms with E-state index >= 15 is 0 Å². The third-order valence-corrected chi connectivity index (χ3v) is 5.15. The fourth-order valence-corrected chi connectivity index (χ4v) is 3.47. The standard InChI is InChI=1S/C23H27N5/c1-18-11-13-19(14-12-18)24-21-17-22(28-15-7-4-8-16-28)26-23(25-21)27(2)20-9-5-3-6-10-20/h3,5-6,9-14,17H,4,7-8,15-16H2,1-2H3,(H,24,25,26). The number of nitrogens with zero attached hydrogens (tertiary/aromatic N) is 4. The van der Waals surface area contributed by atoms with Crippen LogP contribution in [0, 0.1) is 6.92 Å². The summed E-state index contributed by atoms with van der Waals surface area (Å²) in [6, 6.07) is 20.7. The number of hydrogen-bond donors (Lipinski definition) is 1. The molecule has 1 aliphatic rings. The predicted molar refractivity (Wildman–Crippen MR) is 117 cm³/mol. The predicted octanol–water partition coefficient (Wildman–Crippen LogP) is 5.29. The van der Waals surface area contributed by atoms with Gasteiger partial charge in [-0.25, -0.2) is 0 Å². The van der Waals surface area contributed by atoms with Gasteiger partial charge in [0.2, 0.25) is 5.95 Å². The van der Waals surface area contributed by atoms with Crippen LogP contribution >= 0.6 is 0 Å². The van der Waals surface area contributed by atoms with Gasteiger partial charge in [-0.3, -0.25) is 0 Å². The molecule has 1 saturated heterocycles. The second-order valence-corrected chi connectivity index (χ2v) is 7.34. The molecule has 144 valence electrons. The first-order valence-corrected chi connectivity index (χ1v) is 9.95. The van der Waals surface area contributed by atoms with E-state index in [0.717, 1.165) is 36.1 Å². The minimum atomic E-state index is 0.698. The molecule has 4 rings (SSSR count). The number of rotatable bonds is 5. The van der Waals surface area contributed by atoms with Crippen molar-refractivity contribution in [2.45, 2.75) is 26.2 Å². The Morgan fingerprint density at radius 2 is 1.61 bits per heavy atom. The van der Waals surface area contributed by atoms with Crippen molar-refractivity contribution in [3.8, 4) is 0 Å². The van der Waals surface area contributed by atoms with Gasteiger partial charge < -0.3 is 15.1 Å². The number of aromatic nitrogens is 2. The fraction of sp³-hybridized carbons (Fsp3) is 0.304. The maximum atomic E-state index is 4.89. The van der Waals surface area contributed by atoms with Crippen LogP contribution in [-0.4, -0.2) is 30.1 Å². The van der Waals surface area contributed by atoms with Gasteiger partial charge in [0, 0.05) is 37.6 Å². The highest BCUT2D eigenvalue weighted by Crippen LogP contribution is 2.28. The SMILES string of the molecule is Cc1ccc(Nc2cc(N3CCCCC3)nc(N(C)c3ccccc3)n2)cc1. The van der Waals surface area contributed by atoms with Gasteiger partial charge in [-0.1, -0.05) is 35.9 Å². The molecule has 0 spiro atoms. The van der Waals surface area contributed by atoms with E-state index < -0.39 is 0 Å². The fourth-order valence-electron chi connectivity index (χ4n) is 3.47. The Hall–Kier alpha value is -3.08. The molecular weight excluding hydrogens is 346 g/mol. The molecule has 5 heteroatoms. The van der Waals surface area contributed by atoms with E-state index in [1.54, 1.807) is 0 Å². The molecule has 1 aliphatic heterocycles. The van der Waals surface area contributed by atoms with Crippen LogP contribution in [0.25, 0.3) is 0 Å². The molecule has 2 heterocycles. The van der Waals surface area contributed by atoms with Crippen molar-refractivity contribution in [2.75, 3.05) is 35.3 Å². The van der Waals surface area contributed by atoms with Crippen molar-refractivity contribution >= 4 is 29.0 Å². The molecule has 2 aromatic carbocycles. The van der Waals surface area contributed by atoms with Gasteiger partial charge in [-0.2, -0.15) is 9.97 Å². The summed E-state index contributed by atoms with van der Waals surface area (Å²) in [5.41, 5.74) is 3.34. The highest BCUT2D eigenvalue weighted by Gasteiger charge is 2.17. The van der Waals surface area contributed by atoms with Crippen LogP contribution in [0.5, 0.6) is 0 Å². The zero-order valence-corrected chi connectivity index (χ0v) is 16.6. The van der Waals surface area contributed by atoms with Crippen molar-refractivity contribution in [1.29, 1.82) is 0 Å². The summed E-state index contributed by atoms with van der Waals surface area (Å²) in [5.74, 6) is 2.50. The minimum absolute atomic E-state index is 0.698. The second-order valence-electron chi connectivity index (χ2n) is 7.34. The first-order valence-electron chi connectivity index (χ1n) is 9.95. The van der Waals surface area contributed by atoms with Crippen molar-refractivity contribution in [2.24, 2.45) is 0 Å². The van der Waals surface area contributed by atoms with Gasteiger partial charge in [-0.15, -0.1) is 0 Å². The van der Waals surface area contributed by atoms with Crippen LogP contribution in [0.2, 0.25) is 0 Å². The molecule has 0 unspecified atom stereocenters. The third kappa shape index (κ3) is 4.25. The van der Waals surface area contributed by atoms with E-state index in [0.29, 0.717) is 5.95 Å². The summed E-state index contributed by atoms with van der Waals surface area (Å²) < 4.78 is 0. The highest BCUT2D eigenvalue weighted by molar-refractivity contribution is 5.65. The number of nitrogens with one attached hydrogen (secondary N) is 1. The Labute approximate surface area is 167 Å². The lowest BCUT2D eigenvalue weighted by atomic mass is 10.1. The van der Waals surface area contributed by atoms with E-state index in [1.807, 2.05) is 30.1 Å². The highest BCUT2D eigenvalue weighted by atomic mass is 15.3. The van der Waals surface area contributed by atoms with E-state index in [-0.39, 0.29) is 0 Å². The zero-order valence-electron chi connectivity index (χ0n) is 16.6. The van der Waals surface area contributed by atoms with Gasteiger partial charge in [0.1, 0.15) is 11.6 Å². The van der Waals surface area contributed by atoms with Gasteiger partial charge in [-0.05, 0) is 50.5 Å². The van der Waals surface area contributed by atoms with Crippen molar-refractivity contribution in [1.82, 2.24) is 9.97 Å². The van der Waals surface area contributed by atoms with Gasteiger partial charge in [0.15, 0.2) is 0 Å². The molecule has 0 aliphatic carbocycles. The largest absolute Gasteiger partial charge is 0.356 e. The van der Waals surface area contributed by atoms with Crippen LogP contribution in [0.15, 0.2) is 60.7 Å². The topological polar surface area (TPSA) is 44.3 Å². The summed E-state index contributed by atoms with van der Waals surface area (Å²) in [6.45, 7) is 4.20. The quantitative estimate of drug-likeness (QED) is 0.658. The van der Waals surface area contributed by atoms with Gasteiger partial charge in [0.05, 0.1) is 0 Å². The summed E-state index contributed by atoms with van der Waals surface area (Å²) in [5, 5.41) is 3.45. The number of benzene rings is 2. The number of piperidine rings is 1. The monoisotopic (exact) mass is 373 g/mol. The number of hydrogen-bond acceptors (Lipinski definition) is 5. The number of anilines is 5. The lowest BCUT2D eigenvalue weighted by Gasteiger charge is -2.29. The minimum Gasteiger partial charge on any atom is -0.356 e. The molecule has 0 radical (unpaired) electrons. The maximum Gasteiger partial charge on any atom is 0.233 e. The molecule has 0 amide bonds. The summed E-state index contributed by atoms with van der Waals surface area (Å²) in [4.78, 5) is 14.1. The summed E-state index contributed by atoms with van der Waals surface area (Å²) in [6.07, 6.45) is 3.73. The van der Waals surface area contributed by atoms with Crippen LogP contribution in [0.3, 0.4) is 0 Å². The smallest absolute Gasteiger partial charge is 0.233 e. The van der Waals surface area contributed by atoms with E-state index in [1.165, 1.54) is 24.8 Å². The van der Waals surface area contributed by atoms with E-state index in [2.05, 4.69) is 59.6 Å². The van der Waals surface area contributed by atoms with Crippen molar-refractivity contribution < 1.29 is 0 Å². The molecule has 0 bridgehead atoms. The Balaban J connectivity index is 1.68. The molecule has 1 aromatic heterocycles. The number of aryl methyl sites for hydroxylation is 1. The van der Waals surface area contributed by atoms with Gasteiger partial charge in [0.25, 0.3) is 0 Å². The molecule has 3 aromatic rings. The Morgan fingerprint density at radius 1 is 0.893 bits per heavy atom. The first-order chi connectivity index (χ1) is 13.7. The maximum absolute atomic E-state index is 4.89. The normalized spacial score (nSPS) is 14.0. The summed E-state index contributed by atoms with van der Waals surface area (Å²) in [7, 11) is 2.01. The lowest BCUT2D eigenvalue weighted by Crippen LogP contribution is -2.30. The second kappa shape index (κ2) is 8.30. The Bertz CT molecular complexity index is 902. The van der Waals surface area contributed by atoms with E-state index in [4.69, 9.17) is 9.97 Å². The molecule has 0 saturated carbocycles. The van der Waals surface area contributed by atoms with E-state index in [9.17, 15) is 0 Å². The van der Waals surface area contributed by atoms with Gasteiger partial charge >= 0.3 is 0 Å². The number of para-hydroxylation sites is 1. The molecular formula is C23H27N5. The summed E-state index contributed by atoms with van der Waals surface area (Å²) >= 11 is 0. The van der Waals surface area contributed by atoms with Crippen molar-refractivity contribution in [3.63, 3.8) is 0 Å². The van der Waals surface area contributed by atoms with Crippen LogP contribution < -0.4 is 15.1 Å². The zero-order chi connectivity index (χ0) is 19.3. The molecule has 5 nitrogen and oxygen atoms in total. The molecule has 1 fully saturated rings. The van der Waals surface area contributed by atoms with Crippen LogP contribution in [0.1, 0.15) is 24.8 Å². The van der Waals surface area contributed by atoms with Crippen LogP contribution in [0.4, 0.5) is 29.0 Å².